The van der Waals surface area contributed by atoms with Crippen molar-refractivity contribution < 1.29 is 13.2 Å². The number of rotatable bonds is 4. The van der Waals surface area contributed by atoms with Gasteiger partial charge in [0.2, 0.25) is 0 Å². The highest BCUT2D eigenvalue weighted by Crippen LogP contribution is 2.13. The van der Waals surface area contributed by atoms with Crippen LogP contribution in [0.1, 0.15) is 22.3 Å². The molecule has 0 saturated carbocycles. The molecule has 3 rings (SSSR count). The van der Waals surface area contributed by atoms with E-state index in [1.807, 2.05) is 24.4 Å². The van der Waals surface area contributed by atoms with Crippen LogP contribution in [0.3, 0.4) is 0 Å². The third-order valence-electron chi connectivity index (χ3n) is 3.66. The Balaban J connectivity index is 1.68. The number of benzene rings is 1. The minimum atomic E-state index is -2.99. The number of aromatic nitrogens is 2. The highest BCUT2D eigenvalue weighted by atomic mass is 32.2. The van der Waals surface area contributed by atoms with E-state index in [1.54, 1.807) is 23.0 Å². The van der Waals surface area contributed by atoms with Crippen molar-refractivity contribution in [2.75, 3.05) is 11.5 Å². The molecule has 0 unspecified atom stereocenters. The van der Waals surface area contributed by atoms with Crippen LogP contribution in [0.2, 0.25) is 0 Å². The fourth-order valence-corrected chi connectivity index (χ4v) is 4.24. The summed E-state index contributed by atoms with van der Waals surface area (Å²) in [7, 11) is -2.99. The quantitative estimate of drug-likeness (QED) is 0.906. The van der Waals surface area contributed by atoms with E-state index in [1.165, 1.54) is 0 Å². The average Bonchev–Trinajstić information content (AvgIpc) is 3.09. The van der Waals surface area contributed by atoms with Crippen molar-refractivity contribution in [1.82, 2.24) is 15.1 Å². The van der Waals surface area contributed by atoms with E-state index in [9.17, 15) is 13.2 Å². The average molecular weight is 319 g/mol. The normalized spacial score (nSPS) is 19.9. The molecule has 0 radical (unpaired) electrons. The maximum absolute atomic E-state index is 12.2. The first-order chi connectivity index (χ1) is 10.5. The van der Waals surface area contributed by atoms with Crippen LogP contribution in [0, 0.1) is 0 Å². The predicted molar refractivity (Wildman–Crippen MR) is 82.3 cm³/mol. The van der Waals surface area contributed by atoms with Gasteiger partial charge in [-0.15, -0.1) is 0 Å². The molecular formula is C15H17N3O3S. The Labute approximate surface area is 129 Å². The third-order valence-corrected chi connectivity index (χ3v) is 5.43. The molecule has 1 aliphatic heterocycles. The monoisotopic (exact) mass is 319 g/mol. The molecule has 1 aromatic carbocycles. The molecule has 1 aromatic heterocycles. The lowest BCUT2D eigenvalue weighted by atomic mass is 10.1. The zero-order valence-corrected chi connectivity index (χ0v) is 12.8. The number of hydrogen-bond donors (Lipinski definition) is 1. The van der Waals surface area contributed by atoms with Gasteiger partial charge in [0.05, 0.1) is 18.1 Å². The zero-order valence-electron chi connectivity index (χ0n) is 12.0. The van der Waals surface area contributed by atoms with E-state index in [4.69, 9.17) is 0 Å². The molecule has 2 aromatic rings. The smallest absolute Gasteiger partial charge is 0.251 e. The number of amides is 1. The maximum atomic E-state index is 12.2. The first-order valence-electron chi connectivity index (χ1n) is 7.09. The van der Waals surface area contributed by atoms with E-state index in [2.05, 4.69) is 10.4 Å². The van der Waals surface area contributed by atoms with Crippen molar-refractivity contribution >= 4 is 15.7 Å². The first kappa shape index (κ1) is 14.8. The van der Waals surface area contributed by atoms with Crippen LogP contribution >= 0.6 is 0 Å². The minimum absolute atomic E-state index is 0.0335. The molecule has 7 heteroatoms. The van der Waals surface area contributed by atoms with E-state index >= 15 is 0 Å². The second kappa shape index (κ2) is 5.92. The summed E-state index contributed by atoms with van der Waals surface area (Å²) < 4.78 is 24.6. The van der Waals surface area contributed by atoms with Crippen molar-refractivity contribution in [1.29, 1.82) is 0 Å². The number of nitrogens with zero attached hydrogens (tertiary/aromatic N) is 2. The van der Waals surface area contributed by atoms with Crippen molar-refractivity contribution in [3.8, 4) is 0 Å². The Morgan fingerprint density at radius 1 is 1.36 bits per heavy atom. The number of carbonyl (C=O) groups is 1. The molecule has 1 N–H and O–H groups in total. The molecule has 1 atom stereocenters. The molecule has 2 heterocycles. The summed E-state index contributed by atoms with van der Waals surface area (Å²) in [5.74, 6) is -0.0485. The zero-order chi connectivity index (χ0) is 15.6. The van der Waals surface area contributed by atoms with Crippen LogP contribution in [-0.2, 0) is 16.4 Å². The Morgan fingerprint density at radius 2 is 2.23 bits per heavy atom. The van der Waals surface area contributed by atoms with Gasteiger partial charge in [-0.3, -0.25) is 9.48 Å². The van der Waals surface area contributed by atoms with Gasteiger partial charge in [-0.2, -0.15) is 5.10 Å². The van der Waals surface area contributed by atoms with Crippen molar-refractivity contribution in [2.24, 2.45) is 0 Å². The van der Waals surface area contributed by atoms with Crippen LogP contribution in [0.25, 0.3) is 0 Å². The molecule has 6 nitrogen and oxygen atoms in total. The summed E-state index contributed by atoms with van der Waals surface area (Å²) in [6.45, 7) is 0.589. The number of nitrogens with one attached hydrogen (secondary N) is 1. The third kappa shape index (κ3) is 3.54. The summed E-state index contributed by atoms with van der Waals surface area (Å²) >= 11 is 0. The largest absolute Gasteiger partial charge is 0.348 e. The van der Waals surface area contributed by atoms with Gasteiger partial charge in [0.1, 0.15) is 0 Å². The van der Waals surface area contributed by atoms with Crippen LogP contribution in [0.4, 0.5) is 0 Å². The van der Waals surface area contributed by atoms with Gasteiger partial charge in [0.25, 0.3) is 5.91 Å². The van der Waals surface area contributed by atoms with Crippen LogP contribution in [0.5, 0.6) is 0 Å². The molecule has 0 spiro atoms. The lowest BCUT2D eigenvalue weighted by molar-refractivity contribution is 0.0941. The van der Waals surface area contributed by atoms with Gasteiger partial charge in [0.15, 0.2) is 9.84 Å². The van der Waals surface area contributed by atoms with Gasteiger partial charge in [-0.05, 0) is 30.2 Å². The molecule has 1 amide bonds. The summed E-state index contributed by atoms with van der Waals surface area (Å²) in [5.41, 5.74) is 1.50. The van der Waals surface area contributed by atoms with E-state index in [-0.39, 0.29) is 23.5 Å². The second-order valence-corrected chi connectivity index (χ2v) is 7.71. The van der Waals surface area contributed by atoms with Gasteiger partial charge >= 0.3 is 0 Å². The number of sulfone groups is 1. The molecular weight excluding hydrogens is 302 g/mol. The second-order valence-electron chi connectivity index (χ2n) is 5.48. The van der Waals surface area contributed by atoms with E-state index in [0.717, 1.165) is 5.56 Å². The minimum Gasteiger partial charge on any atom is -0.348 e. The Bertz CT molecular complexity index is 769. The summed E-state index contributed by atoms with van der Waals surface area (Å²) in [6.07, 6.45) is 4.05. The van der Waals surface area contributed by atoms with Gasteiger partial charge in [-0.25, -0.2) is 8.42 Å². The predicted octanol–water partition coefficient (Wildman–Crippen LogP) is 0.848. The van der Waals surface area contributed by atoms with Gasteiger partial charge < -0.3 is 5.32 Å². The van der Waals surface area contributed by atoms with Crippen LogP contribution in [-0.4, -0.2) is 41.7 Å². The molecule has 1 aliphatic rings. The van der Waals surface area contributed by atoms with Crippen LogP contribution < -0.4 is 5.32 Å². The Hall–Kier alpha value is -2.15. The summed E-state index contributed by atoms with van der Waals surface area (Å²) in [6, 6.07) is 8.84. The van der Waals surface area contributed by atoms with Gasteiger partial charge in [-0.1, -0.05) is 12.1 Å². The summed E-state index contributed by atoms with van der Waals surface area (Å²) in [4.78, 5) is 12.2. The molecule has 116 valence electrons. The van der Waals surface area contributed by atoms with E-state index < -0.39 is 9.84 Å². The first-order valence-corrected chi connectivity index (χ1v) is 8.92. The number of hydrogen-bond acceptors (Lipinski definition) is 4. The van der Waals surface area contributed by atoms with E-state index in [0.29, 0.717) is 18.5 Å². The molecule has 1 fully saturated rings. The number of carbonyl (C=O) groups excluding carboxylic acids is 1. The molecule has 1 saturated heterocycles. The Morgan fingerprint density at radius 3 is 2.91 bits per heavy atom. The topological polar surface area (TPSA) is 81.1 Å². The fourth-order valence-electron chi connectivity index (χ4n) is 2.57. The van der Waals surface area contributed by atoms with Crippen molar-refractivity contribution in [2.45, 2.75) is 19.0 Å². The SMILES string of the molecule is O=C(N[C@@H]1CCS(=O)(=O)C1)c1cccc(Cn2cccn2)c1. The van der Waals surface area contributed by atoms with Crippen LogP contribution in [0.15, 0.2) is 42.7 Å². The summed E-state index contributed by atoms with van der Waals surface area (Å²) in [5, 5.41) is 6.93. The Kier molecular flexibility index (Phi) is 3.98. The van der Waals surface area contributed by atoms with Crippen molar-refractivity contribution in [3.63, 3.8) is 0 Å². The highest BCUT2D eigenvalue weighted by molar-refractivity contribution is 7.91. The molecule has 0 aliphatic carbocycles. The molecule has 22 heavy (non-hydrogen) atoms. The highest BCUT2D eigenvalue weighted by Gasteiger charge is 2.29. The molecule has 0 bridgehead atoms. The standard InChI is InChI=1S/C15H17N3O3S/c19-15(17-14-5-8-22(20,21)11-14)13-4-1-3-12(9-13)10-18-7-2-6-16-18/h1-4,6-7,9,14H,5,8,10-11H2,(H,17,19)/t14-/m1/s1. The fraction of sp³-hybridized carbons (Fsp3) is 0.333. The maximum Gasteiger partial charge on any atom is 0.251 e. The lowest BCUT2D eigenvalue weighted by Crippen LogP contribution is -2.35. The van der Waals surface area contributed by atoms with Gasteiger partial charge in [0, 0.05) is 24.0 Å². The van der Waals surface area contributed by atoms with Crippen molar-refractivity contribution in [3.05, 3.63) is 53.9 Å². The lowest BCUT2D eigenvalue weighted by Gasteiger charge is -2.11.